The second-order valence-corrected chi connectivity index (χ2v) is 6.33. The van der Waals surface area contributed by atoms with E-state index in [1.807, 2.05) is 12.1 Å². The number of hydrogen-bond donors (Lipinski definition) is 1. The summed E-state index contributed by atoms with van der Waals surface area (Å²) >= 11 is 0. The normalized spacial score (nSPS) is 19.8. The number of ketones is 1. The molecule has 1 heterocycles. The molecule has 1 aromatic rings. The Labute approximate surface area is 142 Å². The molecule has 1 aliphatic carbocycles. The minimum Gasteiger partial charge on any atom is -0.486 e. The number of Topliss-reactive ketones (excluding diaryl/α,β-unsaturated/α-hetero) is 1. The van der Waals surface area contributed by atoms with Crippen LogP contribution in [-0.2, 0) is 14.3 Å². The van der Waals surface area contributed by atoms with E-state index in [1.54, 1.807) is 0 Å². The maximum atomic E-state index is 11.3. The highest BCUT2D eigenvalue weighted by Gasteiger charge is 2.20. The fourth-order valence-corrected chi connectivity index (χ4v) is 3.10. The summed E-state index contributed by atoms with van der Waals surface area (Å²) in [5.41, 5.74) is 3.44. The van der Waals surface area contributed by atoms with E-state index < -0.39 is 0 Å². The van der Waals surface area contributed by atoms with Gasteiger partial charge >= 0.3 is 5.97 Å². The molecule has 1 aromatic carbocycles. The van der Waals surface area contributed by atoms with Crippen LogP contribution in [0.2, 0.25) is 0 Å². The molecular weight excluding hydrogens is 306 g/mol. The van der Waals surface area contributed by atoms with Crippen molar-refractivity contribution >= 4 is 23.5 Å². The number of methoxy groups -OCH3 is 1. The van der Waals surface area contributed by atoms with Crippen molar-refractivity contribution in [2.24, 2.45) is 0 Å². The average molecular weight is 329 g/mol. The molecule has 0 radical (unpaired) electrons. The van der Waals surface area contributed by atoms with Crippen molar-refractivity contribution in [3.8, 4) is 5.75 Å². The highest BCUT2D eigenvalue weighted by atomic mass is 16.5. The van der Waals surface area contributed by atoms with E-state index >= 15 is 0 Å². The van der Waals surface area contributed by atoms with Crippen LogP contribution >= 0.6 is 0 Å². The molecule has 0 aromatic heterocycles. The number of ether oxygens (including phenoxy) is 2. The topological polar surface area (TPSA) is 64.6 Å². The number of esters is 1. The second kappa shape index (κ2) is 7.51. The lowest BCUT2D eigenvalue weighted by atomic mass is 9.92. The van der Waals surface area contributed by atoms with Crippen molar-refractivity contribution in [2.45, 2.75) is 44.6 Å². The molecule has 2 aliphatic rings. The van der Waals surface area contributed by atoms with E-state index in [9.17, 15) is 9.59 Å². The van der Waals surface area contributed by atoms with Gasteiger partial charge in [0.05, 0.1) is 19.3 Å². The number of allylic oxidation sites excluding steroid dienone is 1. The number of nitrogens with one attached hydrogen (secondary N) is 1. The van der Waals surface area contributed by atoms with Gasteiger partial charge in [0, 0.05) is 19.3 Å². The number of hydrogen-bond acceptors (Lipinski definition) is 5. The van der Waals surface area contributed by atoms with Crippen LogP contribution in [0.15, 0.2) is 23.8 Å². The van der Waals surface area contributed by atoms with Gasteiger partial charge in [-0.3, -0.25) is 9.59 Å². The zero-order valence-electron chi connectivity index (χ0n) is 14.0. The number of fused-ring (bicyclic) bond motifs is 1. The van der Waals surface area contributed by atoms with Crippen molar-refractivity contribution in [1.82, 2.24) is 0 Å². The summed E-state index contributed by atoms with van der Waals surface area (Å²) in [7, 11) is 1.40. The van der Waals surface area contributed by atoms with Gasteiger partial charge in [0.1, 0.15) is 17.6 Å². The summed E-state index contributed by atoms with van der Waals surface area (Å²) in [5.74, 6) is 0.972. The first kappa shape index (κ1) is 16.6. The first-order valence-corrected chi connectivity index (χ1v) is 8.46. The van der Waals surface area contributed by atoms with Gasteiger partial charge in [0.25, 0.3) is 0 Å². The van der Waals surface area contributed by atoms with Gasteiger partial charge in [-0.15, -0.1) is 0 Å². The number of carbonyl (C=O) groups excluding carboxylic acids is 2. The van der Waals surface area contributed by atoms with Gasteiger partial charge in [-0.05, 0) is 37.0 Å². The van der Waals surface area contributed by atoms with Crippen molar-refractivity contribution in [2.75, 3.05) is 19.0 Å². The van der Waals surface area contributed by atoms with Crippen LogP contribution in [0.4, 0.5) is 5.69 Å². The van der Waals surface area contributed by atoms with E-state index in [2.05, 4.69) is 22.2 Å². The zero-order chi connectivity index (χ0) is 16.9. The van der Waals surface area contributed by atoms with Crippen LogP contribution in [0.1, 0.15) is 44.1 Å². The van der Waals surface area contributed by atoms with Gasteiger partial charge in [-0.2, -0.15) is 0 Å². The van der Waals surface area contributed by atoms with Gasteiger partial charge < -0.3 is 14.8 Å². The minimum absolute atomic E-state index is 0.0230. The van der Waals surface area contributed by atoms with Gasteiger partial charge in [0.2, 0.25) is 0 Å². The summed E-state index contributed by atoms with van der Waals surface area (Å²) < 4.78 is 10.6. The predicted molar refractivity (Wildman–Crippen MR) is 92.0 cm³/mol. The lowest BCUT2D eigenvalue weighted by Gasteiger charge is -2.27. The van der Waals surface area contributed by atoms with E-state index in [4.69, 9.17) is 4.74 Å². The smallest absolute Gasteiger partial charge is 0.305 e. The molecule has 1 N–H and O–H groups in total. The average Bonchev–Trinajstić information content (AvgIpc) is 2.61. The first-order valence-electron chi connectivity index (χ1n) is 8.46. The Morgan fingerprint density at radius 3 is 2.88 bits per heavy atom. The third-order valence-corrected chi connectivity index (χ3v) is 4.54. The fraction of sp³-hybridized carbons (Fsp3) is 0.474. The van der Waals surface area contributed by atoms with E-state index in [0.717, 1.165) is 29.8 Å². The van der Waals surface area contributed by atoms with Gasteiger partial charge in [0.15, 0.2) is 0 Å². The molecule has 0 saturated heterocycles. The monoisotopic (exact) mass is 329 g/mol. The van der Waals surface area contributed by atoms with Crippen LogP contribution in [0.3, 0.4) is 0 Å². The van der Waals surface area contributed by atoms with Crippen LogP contribution in [0, 0.1) is 0 Å². The highest BCUT2D eigenvalue weighted by molar-refractivity contribution is 5.81. The molecule has 0 unspecified atom stereocenters. The molecule has 0 spiro atoms. The van der Waals surface area contributed by atoms with Crippen LogP contribution in [0.5, 0.6) is 5.75 Å². The minimum atomic E-state index is -0.211. The molecule has 1 fully saturated rings. The van der Waals surface area contributed by atoms with Crippen molar-refractivity contribution in [3.05, 3.63) is 29.3 Å². The summed E-state index contributed by atoms with van der Waals surface area (Å²) in [6, 6.07) is 6.08. The third-order valence-electron chi connectivity index (χ3n) is 4.54. The Balaban J connectivity index is 1.62. The molecule has 3 rings (SSSR count). The molecule has 128 valence electrons. The number of anilines is 1. The molecule has 0 amide bonds. The van der Waals surface area contributed by atoms with Crippen LogP contribution < -0.4 is 10.1 Å². The predicted octanol–water partition coefficient (Wildman–Crippen LogP) is 3.34. The molecule has 1 saturated carbocycles. The Kier molecular flexibility index (Phi) is 5.18. The van der Waals surface area contributed by atoms with E-state index in [-0.39, 0.29) is 12.1 Å². The van der Waals surface area contributed by atoms with Crippen LogP contribution in [0.25, 0.3) is 6.08 Å². The van der Waals surface area contributed by atoms with Gasteiger partial charge in [-0.1, -0.05) is 17.7 Å². The number of carbonyl (C=O) groups is 2. The summed E-state index contributed by atoms with van der Waals surface area (Å²) in [4.78, 5) is 22.5. The third kappa shape index (κ3) is 4.16. The molecular formula is C19H23NO4. The SMILES string of the molecule is COC(=O)CC[C@H]1CNc2cc(C=C3CCC(=O)CC3)ccc2O1. The maximum Gasteiger partial charge on any atom is 0.305 e. The molecule has 24 heavy (non-hydrogen) atoms. The Hall–Kier alpha value is -2.30. The first-order chi connectivity index (χ1) is 11.6. The second-order valence-electron chi connectivity index (χ2n) is 6.33. The summed E-state index contributed by atoms with van der Waals surface area (Å²) in [6.07, 6.45) is 6.23. The quantitative estimate of drug-likeness (QED) is 0.858. The molecule has 1 aliphatic heterocycles. The standard InChI is InChI=1S/C19H23NO4/c1-23-19(22)9-7-16-12-20-17-11-14(4-8-18(17)24-16)10-13-2-5-15(21)6-3-13/h4,8,10-11,16,20H,2-3,5-7,9,12H2,1H3/t16-/m0/s1. The maximum absolute atomic E-state index is 11.3. The summed E-state index contributed by atoms with van der Waals surface area (Å²) in [6.45, 7) is 0.679. The highest BCUT2D eigenvalue weighted by Crippen LogP contribution is 2.32. The van der Waals surface area contributed by atoms with E-state index in [0.29, 0.717) is 38.0 Å². The molecule has 0 bridgehead atoms. The fourth-order valence-electron chi connectivity index (χ4n) is 3.10. The molecule has 5 heteroatoms. The van der Waals surface area contributed by atoms with Crippen molar-refractivity contribution < 1.29 is 19.1 Å². The Bertz CT molecular complexity index is 653. The van der Waals surface area contributed by atoms with E-state index in [1.165, 1.54) is 12.7 Å². The summed E-state index contributed by atoms with van der Waals surface area (Å²) in [5, 5.41) is 3.38. The van der Waals surface area contributed by atoms with Crippen molar-refractivity contribution in [1.29, 1.82) is 0 Å². The zero-order valence-corrected chi connectivity index (χ0v) is 14.0. The lowest BCUT2D eigenvalue weighted by molar-refractivity contribution is -0.141. The van der Waals surface area contributed by atoms with Crippen LogP contribution in [-0.4, -0.2) is 31.5 Å². The lowest BCUT2D eigenvalue weighted by Crippen LogP contribution is -2.31. The molecule has 1 atom stereocenters. The Morgan fingerprint density at radius 1 is 1.33 bits per heavy atom. The van der Waals surface area contributed by atoms with Crippen molar-refractivity contribution in [3.63, 3.8) is 0 Å². The number of rotatable bonds is 4. The molecule has 5 nitrogen and oxygen atoms in total. The Morgan fingerprint density at radius 2 is 2.12 bits per heavy atom. The van der Waals surface area contributed by atoms with Gasteiger partial charge in [-0.25, -0.2) is 0 Å². The largest absolute Gasteiger partial charge is 0.486 e. The number of benzene rings is 1.